The molecular weight excluding hydrogens is 414 g/mol. The second kappa shape index (κ2) is 9.92. The zero-order valence-corrected chi connectivity index (χ0v) is 18.4. The summed E-state index contributed by atoms with van der Waals surface area (Å²) < 4.78 is 23.0. The van der Waals surface area contributed by atoms with Crippen LogP contribution in [0.2, 0.25) is 0 Å². The van der Waals surface area contributed by atoms with Gasteiger partial charge in [0.25, 0.3) is 0 Å². The number of thioether (sulfide) groups is 1. The van der Waals surface area contributed by atoms with Crippen molar-refractivity contribution in [3.8, 4) is 0 Å². The predicted octanol–water partition coefficient (Wildman–Crippen LogP) is 0.781. The van der Waals surface area contributed by atoms with E-state index in [4.69, 9.17) is 0 Å². The molecular formula is C18H29N5O4S2. The molecule has 11 heteroatoms. The van der Waals surface area contributed by atoms with Crippen LogP contribution in [-0.4, -0.2) is 76.7 Å². The van der Waals surface area contributed by atoms with Crippen molar-refractivity contribution in [3.63, 3.8) is 0 Å². The Morgan fingerprint density at radius 3 is 2.69 bits per heavy atom. The average molecular weight is 444 g/mol. The van der Waals surface area contributed by atoms with Gasteiger partial charge in [0.05, 0.1) is 23.8 Å². The van der Waals surface area contributed by atoms with Crippen LogP contribution < -0.4 is 5.32 Å². The third-order valence-corrected chi connectivity index (χ3v) is 8.06. The Kier molecular flexibility index (Phi) is 7.55. The van der Waals surface area contributed by atoms with E-state index in [1.165, 1.54) is 42.3 Å². The van der Waals surface area contributed by atoms with Crippen molar-refractivity contribution in [2.75, 3.05) is 30.3 Å². The van der Waals surface area contributed by atoms with E-state index in [2.05, 4.69) is 20.5 Å². The fraction of sp³-hybridized carbons (Fsp3) is 0.778. The molecule has 1 aromatic heterocycles. The fourth-order valence-electron chi connectivity index (χ4n) is 3.87. The lowest BCUT2D eigenvalue weighted by atomic mass is 10.0. The first-order valence-electron chi connectivity index (χ1n) is 10.2. The van der Waals surface area contributed by atoms with E-state index < -0.39 is 9.84 Å². The molecule has 0 spiro atoms. The van der Waals surface area contributed by atoms with E-state index >= 15 is 0 Å². The first-order chi connectivity index (χ1) is 13.8. The Morgan fingerprint density at radius 1 is 1.28 bits per heavy atom. The first kappa shape index (κ1) is 22.1. The summed E-state index contributed by atoms with van der Waals surface area (Å²) in [5.41, 5.74) is 0. The predicted molar refractivity (Wildman–Crippen MR) is 110 cm³/mol. The van der Waals surface area contributed by atoms with E-state index in [1.54, 1.807) is 0 Å². The average Bonchev–Trinajstić information content (AvgIpc) is 3.40. The minimum absolute atomic E-state index is 0.0251. The number of carbonyl (C=O) groups is 2. The van der Waals surface area contributed by atoms with Crippen LogP contribution in [0.1, 0.15) is 44.9 Å². The molecule has 2 fully saturated rings. The molecule has 162 valence electrons. The molecule has 3 rings (SSSR count). The first-order valence-corrected chi connectivity index (χ1v) is 13.0. The van der Waals surface area contributed by atoms with E-state index in [0.29, 0.717) is 24.0 Å². The molecule has 1 unspecified atom stereocenters. The van der Waals surface area contributed by atoms with Crippen LogP contribution in [0.5, 0.6) is 0 Å². The maximum Gasteiger partial charge on any atom is 0.239 e. The number of hydrogen-bond donors (Lipinski definition) is 2. The molecule has 1 saturated heterocycles. The summed E-state index contributed by atoms with van der Waals surface area (Å²) in [6.07, 6.45) is 6.37. The van der Waals surface area contributed by atoms with Crippen molar-refractivity contribution in [3.05, 3.63) is 5.82 Å². The van der Waals surface area contributed by atoms with Crippen LogP contribution in [0.25, 0.3) is 0 Å². The molecule has 1 saturated carbocycles. The Bertz CT molecular complexity index is 820. The largest absolute Gasteiger partial charge is 0.351 e. The third-order valence-electron chi connectivity index (χ3n) is 5.46. The van der Waals surface area contributed by atoms with Crippen molar-refractivity contribution in [2.45, 2.75) is 56.6 Å². The van der Waals surface area contributed by atoms with Gasteiger partial charge in [-0.1, -0.05) is 37.4 Å². The number of hydrogen-bond acceptors (Lipinski definition) is 7. The van der Waals surface area contributed by atoms with Gasteiger partial charge in [-0.15, -0.1) is 5.10 Å². The molecule has 2 N–H and O–H groups in total. The van der Waals surface area contributed by atoms with Crippen LogP contribution in [0.3, 0.4) is 0 Å². The number of amides is 2. The van der Waals surface area contributed by atoms with Crippen molar-refractivity contribution in [1.82, 2.24) is 25.4 Å². The molecule has 1 aromatic rings. The number of nitrogens with zero attached hydrogens (tertiary/aromatic N) is 3. The number of aromatic nitrogens is 3. The smallest absolute Gasteiger partial charge is 0.239 e. The zero-order valence-electron chi connectivity index (χ0n) is 16.7. The van der Waals surface area contributed by atoms with Gasteiger partial charge in [0, 0.05) is 19.0 Å². The Hall–Kier alpha value is -1.62. The van der Waals surface area contributed by atoms with Gasteiger partial charge in [0.1, 0.15) is 5.82 Å². The molecule has 1 atom stereocenters. The van der Waals surface area contributed by atoms with E-state index in [1.807, 2.05) is 6.92 Å². The van der Waals surface area contributed by atoms with Gasteiger partial charge in [0.15, 0.2) is 9.84 Å². The van der Waals surface area contributed by atoms with Crippen molar-refractivity contribution in [2.24, 2.45) is 5.92 Å². The van der Waals surface area contributed by atoms with E-state index in [-0.39, 0.29) is 41.7 Å². The number of rotatable bonds is 9. The SMILES string of the molecule is CCN(CC(=O)NC1CCS(=O)(=O)C1)C(=O)CSc1n[nH]c(CC2CCCC2)n1. The number of likely N-dealkylation sites (N-methyl/N-ethyl adjacent to an activating group) is 1. The lowest BCUT2D eigenvalue weighted by molar-refractivity contribution is -0.134. The quantitative estimate of drug-likeness (QED) is 0.540. The molecule has 0 aromatic carbocycles. The molecule has 2 aliphatic rings. The standard InChI is InChI=1S/C18H29N5O4S2/c1-2-23(10-16(24)19-14-7-8-29(26,27)12-14)17(25)11-28-18-20-15(21-22-18)9-13-5-3-4-6-13/h13-14H,2-12H2,1H3,(H,19,24)(H,20,21,22). The highest BCUT2D eigenvalue weighted by Crippen LogP contribution is 2.27. The summed E-state index contributed by atoms with van der Waals surface area (Å²) in [6.45, 7) is 2.13. The highest BCUT2D eigenvalue weighted by molar-refractivity contribution is 7.99. The second-order valence-corrected chi connectivity index (χ2v) is 11.0. The van der Waals surface area contributed by atoms with Gasteiger partial charge < -0.3 is 10.2 Å². The molecule has 0 radical (unpaired) electrons. The van der Waals surface area contributed by atoms with Gasteiger partial charge in [-0.25, -0.2) is 13.4 Å². The molecule has 2 amide bonds. The molecule has 0 bridgehead atoms. The van der Waals surface area contributed by atoms with Crippen molar-refractivity contribution in [1.29, 1.82) is 0 Å². The summed E-state index contributed by atoms with van der Waals surface area (Å²) in [6, 6.07) is -0.359. The lowest BCUT2D eigenvalue weighted by Gasteiger charge is -2.21. The monoisotopic (exact) mass is 443 g/mol. The number of sulfone groups is 1. The Morgan fingerprint density at radius 2 is 2.03 bits per heavy atom. The summed E-state index contributed by atoms with van der Waals surface area (Å²) >= 11 is 1.26. The van der Waals surface area contributed by atoms with Crippen LogP contribution in [-0.2, 0) is 25.8 Å². The highest BCUT2D eigenvalue weighted by atomic mass is 32.2. The van der Waals surface area contributed by atoms with Gasteiger partial charge in [-0.3, -0.25) is 14.7 Å². The van der Waals surface area contributed by atoms with E-state index in [9.17, 15) is 18.0 Å². The summed E-state index contributed by atoms with van der Waals surface area (Å²) in [5.74, 6) is 1.27. The van der Waals surface area contributed by atoms with Crippen LogP contribution in [0.15, 0.2) is 5.16 Å². The minimum Gasteiger partial charge on any atom is -0.351 e. The number of H-pyrrole nitrogens is 1. The second-order valence-electron chi connectivity index (χ2n) is 7.78. The highest BCUT2D eigenvalue weighted by Gasteiger charge is 2.29. The van der Waals surface area contributed by atoms with Gasteiger partial charge >= 0.3 is 0 Å². The maximum atomic E-state index is 12.5. The summed E-state index contributed by atoms with van der Waals surface area (Å²) in [4.78, 5) is 30.6. The molecule has 1 aliphatic carbocycles. The van der Waals surface area contributed by atoms with Crippen molar-refractivity contribution < 1.29 is 18.0 Å². The summed E-state index contributed by atoms with van der Waals surface area (Å²) in [7, 11) is -3.05. The molecule has 29 heavy (non-hydrogen) atoms. The Labute approximate surface area is 175 Å². The van der Waals surface area contributed by atoms with Gasteiger partial charge in [0.2, 0.25) is 17.0 Å². The van der Waals surface area contributed by atoms with Gasteiger partial charge in [-0.05, 0) is 19.3 Å². The molecule has 1 aliphatic heterocycles. The minimum atomic E-state index is -3.05. The summed E-state index contributed by atoms with van der Waals surface area (Å²) in [5, 5.41) is 10.4. The fourth-order valence-corrected chi connectivity index (χ4v) is 6.26. The number of carbonyl (C=O) groups excluding carboxylic acids is 2. The molecule has 2 heterocycles. The Balaban J connectivity index is 1.42. The molecule has 9 nitrogen and oxygen atoms in total. The van der Waals surface area contributed by atoms with Crippen LogP contribution >= 0.6 is 11.8 Å². The van der Waals surface area contributed by atoms with E-state index in [0.717, 1.165) is 12.2 Å². The number of aromatic amines is 1. The lowest BCUT2D eigenvalue weighted by Crippen LogP contribution is -2.45. The van der Waals surface area contributed by atoms with Crippen molar-refractivity contribution >= 4 is 33.4 Å². The maximum absolute atomic E-state index is 12.5. The topological polar surface area (TPSA) is 125 Å². The normalized spacial score (nSPS) is 21.3. The van der Waals surface area contributed by atoms with Crippen LogP contribution in [0.4, 0.5) is 0 Å². The third kappa shape index (κ3) is 6.70. The zero-order chi connectivity index (χ0) is 20.9. The number of nitrogens with one attached hydrogen (secondary N) is 2. The van der Waals surface area contributed by atoms with Crippen LogP contribution in [0, 0.1) is 5.92 Å². The van der Waals surface area contributed by atoms with Gasteiger partial charge in [-0.2, -0.15) is 0 Å².